The van der Waals surface area contributed by atoms with Crippen molar-refractivity contribution >= 4 is 0 Å². The number of nitrogens with two attached hydrogens (primary N) is 1. The maximum Gasteiger partial charge on any atom is 0.120 e. The van der Waals surface area contributed by atoms with Crippen LogP contribution in [0.3, 0.4) is 0 Å². The summed E-state index contributed by atoms with van der Waals surface area (Å²) >= 11 is 0. The Kier molecular flexibility index (Phi) is 4.59. The Morgan fingerprint density at radius 3 is 2.67 bits per heavy atom. The zero-order valence-corrected chi connectivity index (χ0v) is 9.57. The van der Waals surface area contributed by atoms with Crippen LogP contribution in [-0.2, 0) is 4.74 Å². The standard InChI is InChI=1S/C12H19NO2/c1-9(2)15-11-6-4-5-10(7-11)12(13)8-14-3/h4-7,9,12H,8,13H2,1-3H3. The van der Waals surface area contributed by atoms with Crippen molar-refractivity contribution < 1.29 is 9.47 Å². The molecule has 1 aromatic rings. The van der Waals surface area contributed by atoms with Crippen molar-refractivity contribution in [3.8, 4) is 5.75 Å². The Morgan fingerprint density at radius 1 is 1.33 bits per heavy atom. The van der Waals surface area contributed by atoms with Gasteiger partial charge in [0.2, 0.25) is 0 Å². The molecule has 0 heterocycles. The lowest BCUT2D eigenvalue weighted by Gasteiger charge is -2.14. The van der Waals surface area contributed by atoms with Gasteiger partial charge in [0, 0.05) is 7.11 Å². The van der Waals surface area contributed by atoms with Crippen LogP contribution < -0.4 is 10.5 Å². The zero-order valence-electron chi connectivity index (χ0n) is 9.57. The van der Waals surface area contributed by atoms with E-state index in [1.807, 2.05) is 38.1 Å². The molecule has 0 saturated heterocycles. The Labute approximate surface area is 91.2 Å². The molecule has 1 rings (SSSR count). The van der Waals surface area contributed by atoms with E-state index in [0.717, 1.165) is 11.3 Å². The lowest BCUT2D eigenvalue weighted by molar-refractivity contribution is 0.180. The molecule has 2 N–H and O–H groups in total. The molecule has 0 aliphatic heterocycles. The fourth-order valence-electron chi connectivity index (χ4n) is 1.37. The molecule has 1 atom stereocenters. The van der Waals surface area contributed by atoms with Gasteiger partial charge in [0.1, 0.15) is 5.75 Å². The topological polar surface area (TPSA) is 44.5 Å². The molecule has 0 fully saturated rings. The fourth-order valence-corrected chi connectivity index (χ4v) is 1.37. The van der Waals surface area contributed by atoms with Gasteiger partial charge in [-0.15, -0.1) is 0 Å². The first-order chi connectivity index (χ1) is 7.13. The summed E-state index contributed by atoms with van der Waals surface area (Å²) < 4.78 is 10.6. The third-order valence-electron chi connectivity index (χ3n) is 2.00. The first kappa shape index (κ1) is 12.0. The summed E-state index contributed by atoms with van der Waals surface area (Å²) in [5.74, 6) is 0.856. The van der Waals surface area contributed by atoms with Gasteiger partial charge in [-0.1, -0.05) is 12.1 Å². The van der Waals surface area contributed by atoms with E-state index in [1.54, 1.807) is 7.11 Å². The summed E-state index contributed by atoms with van der Waals surface area (Å²) in [4.78, 5) is 0. The molecule has 0 aliphatic carbocycles. The molecule has 84 valence electrons. The Bertz CT molecular complexity index is 299. The predicted molar refractivity (Wildman–Crippen MR) is 61.0 cm³/mol. The molecule has 0 aromatic heterocycles. The van der Waals surface area contributed by atoms with Gasteiger partial charge in [-0.2, -0.15) is 0 Å². The smallest absolute Gasteiger partial charge is 0.120 e. The second-order valence-corrected chi connectivity index (χ2v) is 3.80. The monoisotopic (exact) mass is 209 g/mol. The van der Waals surface area contributed by atoms with Crippen molar-refractivity contribution in [1.82, 2.24) is 0 Å². The molecule has 3 heteroatoms. The molecule has 3 nitrogen and oxygen atoms in total. The average molecular weight is 209 g/mol. The average Bonchev–Trinajstić information content (AvgIpc) is 2.17. The van der Waals surface area contributed by atoms with E-state index >= 15 is 0 Å². The Morgan fingerprint density at radius 2 is 2.07 bits per heavy atom. The van der Waals surface area contributed by atoms with Gasteiger partial charge in [-0.25, -0.2) is 0 Å². The normalized spacial score (nSPS) is 12.9. The van der Waals surface area contributed by atoms with Crippen LogP contribution in [0.2, 0.25) is 0 Å². The minimum atomic E-state index is -0.0919. The van der Waals surface area contributed by atoms with Crippen molar-refractivity contribution in [2.45, 2.75) is 26.0 Å². The minimum absolute atomic E-state index is 0.0919. The molecule has 0 spiro atoms. The van der Waals surface area contributed by atoms with Crippen molar-refractivity contribution in [3.63, 3.8) is 0 Å². The van der Waals surface area contributed by atoms with Gasteiger partial charge >= 0.3 is 0 Å². The number of ether oxygens (including phenoxy) is 2. The van der Waals surface area contributed by atoms with Crippen LogP contribution in [0.4, 0.5) is 0 Å². The number of hydrogen-bond donors (Lipinski definition) is 1. The summed E-state index contributed by atoms with van der Waals surface area (Å²) in [6, 6.07) is 7.73. The summed E-state index contributed by atoms with van der Waals surface area (Å²) in [6.45, 7) is 4.52. The third-order valence-corrected chi connectivity index (χ3v) is 2.00. The van der Waals surface area contributed by atoms with Crippen LogP contribution in [0.5, 0.6) is 5.75 Å². The van der Waals surface area contributed by atoms with Crippen LogP contribution in [0, 0.1) is 0 Å². The second-order valence-electron chi connectivity index (χ2n) is 3.80. The SMILES string of the molecule is COCC(N)c1cccc(OC(C)C)c1. The van der Waals surface area contributed by atoms with E-state index in [4.69, 9.17) is 15.2 Å². The highest BCUT2D eigenvalue weighted by Gasteiger charge is 2.06. The summed E-state index contributed by atoms with van der Waals surface area (Å²) in [5.41, 5.74) is 6.96. The molecule has 0 saturated carbocycles. The van der Waals surface area contributed by atoms with Gasteiger partial charge in [-0.05, 0) is 31.5 Å². The van der Waals surface area contributed by atoms with E-state index < -0.39 is 0 Å². The third kappa shape index (κ3) is 3.90. The molecule has 15 heavy (non-hydrogen) atoms. The van der Waals surface area contributed by atoms with Crippen molar-refractivity contribution in [2.24, 2.45) is 5.73 Å². The Balaban J connectivity index is 2.73. The van der Waals surface area contributed by atoms with Crippen molar-refractivity contribution in [3.05, 3.63) is 29.8 Å². The zero-order chi connectivity index (χ0) is 11.3. The quantitative estimate of drug-likeness (QED) is 0.807. The molecule has 0 aliphatic rings. The van der Waals surface area contributed by atoms with Crippen LogP contribution in [-0.4, -0.2) is 19.8 Å². The molecule has 0 bridgehead atoms. The lowest BCUT2D eigenvalue weighted by Crippen LogP contribution is -2.16. The van der Waals surface area contributed by atoms with Gasteiger partial charge in [0.25, 0.3) is 0 Å². The molecule has 0 radical (unpaired) electrons. The van der Waals surface area contributed by atoms with Gasteiger partial charge in [0.05, 0.1) is 18.8 Å². The molecule has 0 amide bonds. The minimum Gasteiger partial charge on any atom is -0.491 e. The maximum atomic E-state index is 5.92. The fraction of sp³-hybridized carbons (Fsp3) is 0.500. The Hall–Kier alpha value is -1.06. The van der Waals surface area contributed by atoms with E-state index in [1.165, 1.54) is 0 Å². The predicted octanol–water partition coefficient (Wildman–Crippen LogP) is 2.12. The summed E-state index contributed by atoms with van der Waals surface area (Å²) in [7, 11) is 1.65. The van der Waals surface area contributed by atoms with Gasteiger partial charge in [-0.3, -0.25) is 0 Å². The molecule has 1 aromatic carbocycles. The number of hydrogen-bond acceptors (Lipinski definition) is 3. The van der Waals surface area contributed by atoms with Crippen LogP contribution in [0.15, 0.2) is 24.3 Å². The van der Waals surface area contributed by atoms with Gasteiger partial charge < -0.3 is 15.2 Å². The van der Waals surface area contributed by atoms with Crippen LogP contribution in [0.25, 0.3) is 0 Å². The van der Waals surface area contributed by atoms with E-state index in [-0.39, 0.29) is 12.1 Å². The molecular weight excluding hydrogens is 190 g/mol. The summed E-state index contributed by atoms with van der Waals surface area (Å²) in [6.07, 6.45) is 0.180. The van der Waals surface area contributed by atoms with Crippen molar-refractivity contribution in [1.29, 1.82) is 0 Å². The second kappa shape index (κ2) is 5.73. The highest BCUT2D eigenvalue weighted by Crippen LogP contribution is 2.19. The first-order valence-corrected chi connectivity index (χ1v) is 5.14. The number of benzene rings is 1. The highest BCUT2D eigenvalue weighted by atomic mass is 16.5. The van der Waals surface area contributed by atoms with E-state index in [9.17, 15) is 0 Å². The largest absolute Gasteiger partial charge is 0.491 e. The van der Waals surface area contributed by atoms with Gasteiger partial charge in [0.15, 0.2) is 0 Å². The number of rotatable bonds is 5. The molecule has 1 unspecified atom stereocenters. The highest BCUT2D eigenvalue weighted by molar-refractivity contribution is 5.30. The van der Waals surface area contributed by atoms with E-state index in [2.05, 4.69) is 0 Å². The summed E-state index contributed by atoms with van der Waals surface area (Å²) in [5, 5.41) is 0. The number of methoxy groups -OCH3 is 1. The van der Waals surface area contributed by atoms with Crippen LogP contribution in [0.1, 0.15) is 25.5 Å². The van der Waals surface area contributed by atoms with E-state index in [0.29, 0.717) is 6.61 Å². The maximum absolute atomic E-state index is 5.92. The van der Waals surface area contributed by atoms with Crippen molar-refractivity contribution in [2.75, 3.05) is 13.7 Å². The first-order valence-electron chi connectivity index (χ1n) is 5.14. The lowest BCUT2D eigenvalue weighted by atomic mass is 10.1. The van der Waals surface area contributed by atoms with Crippen LogP contribution >= 0.6 is 0 Å². The molecular formula is C12H19NO2.